The largest absolute Gasteiger partial charge is 0.349 e. The van der Waals surface area contributed by atoms with Gasteiger partial charge in [0.2, 0.25) is 0 Å². The molecule has 112 valence electrons. The van der Waals surface area contributed by atoms with Crippen molar-refractivity contribution in [3.8, 4) is 0 Å². The molecule has 1 fully saturated rings. The summed E-state index contributed by atoms with van der Waals surface area (Å²) in [5.41, 5.74) is -0.184. The van der Waals surface area contributed by atoms with Crippen LogP contribution in [0.2, 0.25) is 0 Å². The SMILES string of the molecule is CC(C)(C)n1ccnc(N2CCCCC2CCBr)c1=O. The van der Waals surface area contributed by atoms with Crippen LogP contribution in [0.4, 0.5) is 5.82 Å². The molecule has 1 aromatic rings. The van der Waals surface area contributed by atoms with Crippen molar-refractivity contribution >= 4 is 21.7 Å². The van der Waals surface area contributed by atoms with Crippen LogP contribution in [0.15, 0.2) is 17.2 Å². The van der Waals surface area contributed by atoms with E-state index in [0.717, 1.165) is 31.1 Å². The first-order chi connectivity index (χ1) is 9.45. The highest BCUT2D eigenvalue weighted by atomic mass is 79.9. The van der Waals surface area contributed by atoms with Crippen LogP contribution in [-0.4, -0.2) is 27.5 Å². The summed E-state index contributed by atoms with van der Waals surface area (Å²) < 4.78 is 1.79. The van der Waals surface area contributed by atoms with Gasteiger partial charge in [-0.05, 0) is 46.5 Å². The van der Waals surface area contributed by atoms with Crippen molar-refractivity contribution in [1.82, 2.24) is 9.55 Å². The van der Waals surface area contributed by atoms with Gasteiger partial charge < -0.3 is 9.47 Å². The van der Waals surface area contributed by atoms with Crippen molar-refractivity contribution in [2.75, 3.05) is 16.8 Å². The molecule has 20 heavy (non-hydrogen) atoms. The Morgan fingerprint density at radius 1 is 1.40 bits per heavy atom. The normalized spacial score (nSPS) is 20.2. The summed E-state index contributed by atoms with van der Waals surface area (Å²) in [5, 5.41) is 0.967. The summed E-state index contributed by atoms with van der Waals surface area (Å²) in [7, 11) is 0. The van der Waals surface area contributed by atoms with Crippen LogP contribution in [-0.2, 0) is 5.54 Å². The Kier molecular flexibility index (Phi) is 4.89. The van der Waals surface area contributed by atoms with E-state index in [0.29, 0.717) is 11.9 Å². The molecule has 0 spiro atoms. The Hall–Kier alpha value is -0.840. The summed E-state index contributed by atoms with van der Waals surface area (Å²) in [6.45, 7) is 7.08. The fraction of sp³-hybridized carbons (Fsp3) is 0.733. The maximum atomic E-state index is 12.7. The van der Waals surface area contributed by atoms with E-state index in [2.05, 4.69) is 25.8 Å². The monoisotopic (exact) mass is 341 g/mol. The molecule has 1 unspecified atom stereocenters. The molecule has 4 nitrogen and oxygen atoms in total. The quantitative estimate of drug-likeness (QED) is 0.792. The zero-order valence-corrected chi connectivity index (χ0v) is 14.2. The fourth-order valence-electron chi connectivity index (χ4n) is 2.83. The van der Waals surface area contributed by atoms with Crippen molar-refractivity contribution in [2.45, 2.75) is 58.0 Å². The third kappa shape index (κ3) is 3.25. The lowest BCUT2D eigenvalue weighted by molar-refractivity contribution is 0.378. The molecule has 0 aliphatic carbocycles. The van der Waals surface area contributed by atoms with Gasteiger partial charge >= 0.3 is 0 Å². The molecular formula is C15H24BrN3O. The first kappa shape index (κ1) is 15.5. The molecule has 0 amide bonds. The fourth-order valence-corrected chi connectivity index (χ4v) is 3.36. The Morgan fingerprint density at radius 3 is 2.80 bits per heavy atom. The Bertz CT molecular complexity index is 505. The Balaban J connectivity index is 2.39. The lowest BCUT2D eigenvalue weighted by atomic mass is 10.00. The molecule has 0 bridgehead atoms. The van der Waals surface area contributed by atoms with Gasteiger partial charge in [0.05, 0.1) is 0 Å². The lowest BCUT2D eigenvalue weighted by Gasteiger charge is -2.36. The summed E-state index contributed by atoms with van der Waals surface area (Å²) >= 11 is 3.52. The highest BCUT2D eigenvalue weighted by molar-refractivity contribution is 9.09. The van der Waals surface area contributed by atoms with Gasteiger partial charge in [0, 0.05) is 35.8 Å². The topological polar surface area (TPSA) is 38.1 Å². The molecule has 1 aromatic heterocycles. The number of anilines is 1. The molecule has 0 aromatic carbocycles. The van der Waals surface area contributed by atoms with Crippen LogP contribution in [0.5, 0.6) is 0 Å². The second-order valence-electron chi connectivity index (χ2n) is 6.42. The van der Waals surface area contributed by atoms with E-state index in [1.807, 2.05) is 20.8 Å². The molecule has 2 rings (SSSR count). The van der Waals surface area contributed by atoms with Crippen LogP contribution >= 0.6 is 15.9 Å². The molecule has 5 heteroatoms. The molecule has 1 aliphatic heterocycles. The highest BCUT2D eigenvalue weighted by Gasteiger charge is 2.27. The van der Waals surface area contributed by atoms with Crippen molar-refractivity contribution < 1.29 is 0 Å². The number of hydrogen-bond acceptors (Lipinski definition) is 3. The van der Waals surface area contributed by atoms with Gasteiger partial charge in [0.15, 0.2) is 5.82 Å². The maximum Gasteiger partial charge on any atom is 0.293 e. The lowest BCUT2D eigenvalue weighted by Crippen LogP contribution is -2.45. The number of alkyl halides is 1. The van der Waals surface area contributed by atoms with Gasteiger partial charge in [-0.15, -0.1) is 0 Å². The molecule has 0 N–H and O–H groups in total. The number of aromatic nitrogens is 2. The summed E-state index contributed by atoms with van der Waals surface area (Å²) in [6.07, 6.45) is 8.14. The smallest absolute Gasteiger partial charge is 0.293 e. The maximum absolute atomic E-state index is 12.7. The van der Waals surface area contributed by atoms with E-state index in [1.165, 1.54) is 6.42 Å². The van der Waals surface area contributed by atoms with Crippen molar-refractivity contribution in [3.63, 3.8) is 0 Å². The number of hydrogen-bond donors (Lipinski definition) is 0. The minimum Gasteiger partial charge on any atom is -0.349 e. The predicted molar refractivity (Wildman–Crippen MR) is 86.9 cm³/mol. The van der Waals surface area contributed by atoms with Crippen LogP contribution in [0.1, 0.15) is 46.5 Å². The summed E-state index contributed by atoms with van der Waals surface area (Å²) in [4.78, 5) is 19.3. The van der Waals surface area contributed by atoms with E-state index >= 15 is 0 Å². The van der Waals surface area contributed by atoms with Crippen LogP contribution < -0.4 is 10.5 Å². The van der Waals surface area contributed by atoms with Crippen LogP contribution in [0.25, 0.3) is 0 Å². The third-order valence-corrected chi connectivity index (χ3v) is 4.34. The number of nitrogens with zero attached hydrogens (tertiary/aromatic N) is 3. The Labute approximate surface area is 129 Å². The Morgan fingerprint density at radius 2 is 2.15 bits per heavy atom. The first-order valence-electron chi connectivity index (χ1n) is 7.36. The van der Waals surface area contributed by atoms with Gasteiger partial charge in [0.25, 0.3) is 5.56 Å². The average molecular weight is 342 g/mol. The average Bonchev–Trinajstić information content (AvgIpc) is 2.39. The van der Waals surface area contributed by atoms with E-state index in [1.54, 1.807) is 17.0 Å². The molecule has 0 radical (unpaired) electrons. The first-order valence-corrected chi connectivity index (χ1v) is 8.48. The molecule has 1 saturated heterocycles. The molecular weight excluding hydrogens is 318 g/mol. The molecule has 1 aliphatic rings. The summed E-state index contributed by atoms with van der Waals surface area (Å²) in [6, 6.07) is 0.430. The number of rotatable bonds is 3. The molecule has 2 heterocycles. The molecule has 0 saturated carbocycles. The minimum atomic E-state index is -0.213. The van der Waals surface area contributed by atoms with E-state index < -0.39 is 0 Å². The van der Waals surface area contributed by atoms with Crippen molar-refractivity contribution in [2.24, 2.45) is 0 Å². The highest BCUT2D eigenvalue weighted by Crippen LogP contribution is 2.24. The van der Waals surface area contributed by atoms with Crippen LogP contribution in [0.3, 0.4) is 0 Å². The van der Waals surface area contributed by atoms with Gasteiger partial charge in [0.1, 0.15) is 0 Å². The van der Waals surface area contributed by atoms with Gasteiger partial charge in [-0.25, -0.2) is 4.98 Å². The van der Waals surface area contributed by atoms with E-state index in [-0.39, 0.29) is 11.1 Å². The second-order valence-corrected chi connectivity index (χ2v) is 7.21. The zero-order valence-electron chi connectivity index (χ0n) is 12.6. The van der Waals surface area contributed by atoms with Crippen molar-refractivity contribution in [1.29, 1.82) is 0 Å². The number of halogens is 1. The number of piperidine rings is 1. The predicted octanol–water partition coefficient (Wildman–Crippen LogP) is 3.14. The van der Waals surface area contributed by atoms with E-state index in [9.17, 15) is 4.79 Å². The second kappa shape index (κ2) is 6.29. The van der Waals surface area contributed by atoms with E-state index in [4.69, 9.17) is 0 Å². The molecule has 1 atom stereocenters. The summed E-state index contributed by atoms with van der Waals surface area (Å²) in [5.74, 6) is 0.619. The van der Waals surface area contributed by atoms with Crippen molar-refractivity contribution in [3.05, 3.63) is 22.7 Å². The minimum absolute atomic E-state index is 0.0291. The van der Waals surface area contributed by atoms with Gasteiger partial charge in [-0.1, -0.05) is 15.9 Å². The standard InChI is InChI=1S/C15H24BrN3O/c1-15(2,3)19-11-9-17-13(14(19)20)18-10-5-4-6-12(18)7-8-16/h9,11-12H,4-8,10H2,1-3H3. The third-order valence-electron chi connectivity index (χ3n) is 3.89. The van der Waals surface area contributed by atoms with Crippen LogP contribution in [0, 0.1) is 0 Å². The zero-order chi connectivity index (χ0) is 14.8. The van der Waals surface area contributed by atoms with Gasteiger partial charge in [-0.3, -0.25) is 4.79 Å². The van der Waals surface area contributed by atoms with Gasteiger partial charge in [-0.2, -0.15) is 0 Å².